The molecule has 0 unspecified atom stereocenters. The predicted molar refractivity (Wildman–Crippen MR) is 174 cm³/mol. The molecule has 4 aromatic rings. The van der Waals surface area contributed by atoms with Gasteiger partial charge in [0.1, 0.15) is 11.5 Å². The molecule has 0 radical (unpaired) electrons. The lowest BCUT2D eigenvalue weighted by atomic mass is 10.1. The van der Waals surface area contributed by atoms with Gasteiger partial charge in [-0.05, 0) is 36.4 Å². The highest BCUT2D eigenvalue weighted by Gasteiger charge is 2.22. The molecule has 0 heterocycles. The number of hydrogen-bond acceptors (Lipinski definition) is 13. The lowest BCUT2D eigenvalue weighted by molar-refractivity contribution is -0.394. The fourth-order valence-electron chi connectivity index (χ4n) is 4.19. The third-order valence-corrected chi connectivity index (χ3v) is 6.48. The molecule has 4 aromatic carbocycles. The van der Waals surface area contributed by atoms with Crippen molar-refractivity contribution in [2.45, 2.75) is 0 Å². The van der Waals surface area contributed by atoms with E-state index in [0.29, 0.717) is 23.6 Å². The van der Waals surface area contributed by atoms with Crippen molar-refractivity contribution in [2.24, 2.45) is 0 Å². The van der Waals surface area contributed by atoms with Crippen LogP contribution < -0.4 is 26.0 Å². The first kappa shape index (κ1) is 36.0. The minimum atomic E-state index is -0.952. The molecule has 0 atom stereocenters. The number of nitro groups is 4. The highest BCUT2D eigenvalue weighted by atomic mass is 16.6. The zero-order chi connectivity index (χ0) is 37.2. The Kier molecular flexibility index (Phi) is 11.2. The van der Waals surface area contributed by atoms with Gasteiger partial charge in [-0.25, -0.2) is 0 Å². The molecule has 260 valence electrons. The molecule has 4 N–H and O–H groups in total. The standard InChI is InChI=1S/C30H22N8O13/c39-27(15-31-29(41)17-8-21(35(43)44)13-22(9-17)36(45)46)33-19-4-6-25(7-5-19)51-26-3-1-2-20(12-26)34-28(40)16-32-30(42)18-10-23(37(47)48)14-24(11-18)38(49)50/h1-14H,15-16H2,(H,31,41)(H,32,42)(H,33,39)(H,34,40). The van der Waals surface area contributed by atoms with Crippen LogP contribution >= 0.6 is 0 Å². The Labute approximate surface area is 283 Å². The maximum absolute atomic E-state index is 12.4. The number of nitrogens with one attached hydrogen (secondary N) is 4. The molecule has 4 rings (SSSR count). The van der Waals surface area contributed by atoms with Crippen LogP contribution in [0, 0.1) is 40.5 Å². The smallest absolute Gasteiger partial charge is 0.277 e. The molecule has 0 bridgehead atoms. The van der Waals surface area contributed by atoms with Crippen molar-refractivity contribution < 1.29 is 43.6 Å². The Morgan fingerprint density at radius 3 is 1.33 bits per heavy atom. The highest BCUT2D eigenvalue weighted by molar-refractivity contribution is 6.01. The molecule has 51 heavy (non-hydrogen) atoms. The van der Waals surface area contributed by atoms with Crippen LogP contribution in [-0.4, -0.2) is 56.4 Å². The van der Waals surface area contributed by atoms with Crippen LogP contribution in [0.1, 0.15) is 20.7 Å². The van der Waals surface area contributed by atoms with Gasteiger partial charge in [0.25, 0.3) is 34.6 Å². The van der Waals surface area contributed by atoms with E-state index in [1.807, 2.05) is 0 Å². The van der Waals surface area contributed by atoms with Gasteiger partial charge < -0.3 is 26.0 Å². The summed E-state index contributed by atoms with van der Waals surface area (Å²) in [5, 5.41) is 53.7. The van der Waals surface area contributed by atoms with Crippen LogP contribution in [-0.2, 0) is 9.59 Å². The first-order valence-electron chi connectivity index (χ1n) is 14.1. The molecule has 0 aliphatic rings. The van der Waals surface area contributed by atoms with Crippen LogP contribution in [0.2, 0.25) is 0 Å². The zero-order valence-electron chi connectivity index (χ0n) is 25.6. The van der Waals surface area contributed by atoms with E-state index in [4.69, 9.17) is 4.74 Å². The first-order valence-corrected chi connectivity index (χ1v) is 14.1. The lowest BCUT2D eigenvalue weighted by Crippen LogP contribution is -2.32. The van der Waals surface area contributed by atoms with Crippen LogP contribution in [0.4, 0.5) is 34.1 Å². The number of nitro benzene ring substituents is 4. The van der Waals surface area contributed by atoms with E-state index in [9.17, 15) is 59.6 Å². The third kappa shape index (κ3) is 10.1. The number of non-ortho nitro benzene ring substituents is 4. The van der Waals surface area contributed by atoms with Crippen molar-refractivity contribution in [3.05, 3.63) is 137 Å². The van der Waals surface area contributed by atoms with E-state index in [0.717, 1.165) is 24.3 Å². The number of nitrogens with zero attached hydrogens (tertiary/aromatic N) is 4. The number of hydrogen-bond donors (Lipinski definition) is 4. The number of amides is 4. The minimum Gasteiger partial charge on any atom is -0.457 e. The van der Waals surface area contributed by atoms with Crippen molar-refractivity contribution in [3.8, 4) is 11.5 Å². The maximum atomic E-state index is 12.4. The molecular weight excluding hydrogens is 680 g/mol. The summed E-state index contributed by atoms with van der Waals surface area (Å²) in [7, 11) is 0. The quantitative estimate of drug-likeness (QED) is 0.107. The second kappa shape index (κ2) is 15.8. The van der Waals surface area contributed by atoms with Gasteiger partial charge >= 0.3 is 0 Å². The average Bonchev–Trinajstić information content (AvgIpc) is 3.10. The first-order chi connectivity index (χ1) is 24.2. The zero-order valence-corrected chi connectivity index (χ0v) is 25.6. The Morgan fingerprint density at radius 1 is 0.510 bits per heavy atom. The van der Waals surface area contributed by atoms with Crippen molar-refractivity contribution in [1.29, 1.82) is 0 Å². The highest BCUT2D eigenvalue weighted by Crippen LogP contribution is 2.26. The summed E-state index contributed by atoms with van der Waals surface area (Å²) in [4.78, 5) is 90.2. The summed E-state index contributed by atoms with van der Waals surface area (Å²) in [5.41, 5.74) is -2.88. The Bertz CT molecular complexity index is 2020. The second-order valence-corrected chi connectivity index (χ2v) is 10.1. The molecule has 0 spiro atoms. The number of carbonyl (C=O) groups excluding carboxylic acids is 4. The number of anilines is 2. The second-order valence-electron chi connectivity index (χ2n) is 10.1. The number of ether oxygens (including phenoxy) is 1. The third-order valence-electron chi connectivity index (χ3n) is 6.48. The van der Waals surface area contributed by atoms with Gasteiger partial charge in [-0.15, -0.1) is 0 Å². The van der Waals surface area contributed by atoms with E-state index in [1.54, 1.807) is 12.1 Å². The molecule has 0 aliphatic heterocycles. The fourth-order valence-corrected chi connectivity index (χ4v) is 4.19. The van der Waals surface area contributed by atoms with Crippen molar-refractivity contribution >= 4 is 57.8 Å². The summed E-state index contributed by atoms with van der Waals surface area (Å²) in [6, 6.07) is 16.8. The normalized spacial score (nSPS) is 10.3. The van der Waals surface area contributed by atoms with Crippen LogP contribution in [0.3, 0.4) is 0 Å². The van der Waals surface area contributed by atoms with E-state index in [-0.39, 0.29) is 22.6 Å². The summed E-state index contributed by atoms with van der Waals surface area (Å²) in [6.07, 6.45) is 0. The van der Waals surface area contributed by atoms with Gasteiger partial charge in [-0.3, -0.25) is 59.6 Å². The van der Waals surface area contributed by atoms with Crippen LogP contribution in [0.15, 0.2) is 84.9 Å². The van der Waals surface area contributed by atoms with Gasteiger partial charge in [0, 0.05) is 41.7 Å². The molecule has 21 nitrogen and oxygen atoms in total. The van der Waals surface area contributed by atoms with Crippen molar-refractivity contribution in [3.63, 3.8) is 0 Å². The number of carbonyl (C=O) groups is 4. The predicted octanol–water partition coefficient (Wildman–Crippen LogP) is 3.85. The van der Waals surface area contributed by atoms with Gasteiger partial charge in [-0.2, -0.15) is 0 Å². The Hall–Kier alpha value is -7.84. The Morgan fingerprint density at radius 2 is 0.922 bits per heavy atom. The molecule has 0 fully saturated rings. The van der Waals surface area contributed by atoms with E-state index in [1.165, 1.54) is 36.4 Å². The van der Waals surface area contributed by atoms with E-state index in [2.05, 4.69) is 21.3 Å². The molecular formula is C30H22N8O13. The monoisotopic (exact) mass is 702 g/mol. The molecule has 4 amide bonds. The van der Waals surface area contributed by atoms with Gasteiger partial charge in [0.05, 0.1) is 56.0 Å². The lowest BCUT2D eigenvalue weighted by Gasteiger charge is -2.11. The maximum Gasteiger partial charge on any atom is 0.277 e. The minimum absolute atomic E-state index is 0.267. The molecule has 0 aromatic heterocycles. The fraction of sp³-hybridized carbons (Fsp3) is 0.0667. The van der Waals surface area contributed by atoms with Gasteiger partial charge in [-0.1, -0.05) is 6.07 Å². The summed E-state index contributed by atoms with van der Waals surface area (Å²) in [5.74, 6) is -2.67. The Balaban J connectivity index is 1.27. The van der Waals surface area contributed by atoms with Crippen molar-refractivity contribution in [2.75, 3.05) is 23.7 Å². The van der Waals surface area contributed by atoms with Crippen LogP contribution in [0.25, 0.3) is 0 Å². The number of benzene rings is 4. The average molecular weight is 703 g/mol. The molecule has 0 aliphatic carbocycles. The van der Waals surface area contributed by atoms with E-state index >= 15 is 0 Å². The molecule has 21 heteroatoms. The summed E-state index contributed by atoms with van der Waals surface area (Å²) in [6.45, 7) is -1.14. The molecule has 0 saturated heterocycles. The number of rotatable bonds is 14. The largest absolute Gasteiger partial charge is 0.457 e. The molecule has 0 saturated carbocycles. The summed E-state index contributed by atoms with van der Waals surface area (Å²) < 4.78 is 5.76. The SMILES string of the molecule is O=C(CNC(=O)c1cc([N+](=O)[O-])cc([N+](=O)[O-])c1)Nc1ccc(Oc2cccc(NC(=O)CNC(=O)c3cc([N+](=O)[O-])cc([N+](=O)[O-])c3)c2)cc1. The van der Waals surface area contributed by atoms with E-state index < -0.39 is 79.2 Å². The topological polar surface area (TPSA) is 298 Å². The van der Waals surface area contributed by atoms with Crippen LogP contribution in [0.5, 0.6) is 11.5 Å². The van der Waals surface area contributed by atoms with Crippen molar-refractivity contribution in [1.82, 2.24) is 10.6 Å². The van der Waals surface area contributed by atoms with Gasteiger partial charge in [0.15, 0.2) is 0 Å². The summed E-state index contributed by atoms with van der Waals surface area (Å²) >= 11 is 0. The van der Waals surface area contributed by atoms with Gasteiger partial charge in [0.2, 0.25) is 11.8 Å².